The van der Waals surface area contributed by atoms with Crippen molar-refractivity contribution in [1.29, 1.82) is 0 Å². The van der Waals surface area contributed by atoms with Crippen molar-refractivity contribution in [1.82, 2.24) is 4.98 Å². The van der Waals surface area contributed by atoms with Crippen molar-refractivity contribution in [2.24, 2.45) is 0 Å². The van der Waals surface area contributed by atoms with E-state index in [1.54, 1.807) is 32.9 Å². The van der Waals surface area contributed by atoms with E-state index in [4.69, 9.17) is 16.3 Å². The van der Waals surface area contributed by atoms with E-state index >= 15 is 0 Å². The maximum Gasteiger partial charge on any atom is 0.412 e. The van der Waals surface area contributed by atoms with E-state index in [0.717, 1.165) is 5.57 Å². The number of hydrogen-bond acceptors (Lipinski definition) is 6. The molecule has 1 rings (SSSR count). The summed E-state index contributed by atoms with van der Waals surface area (Å²) in [4.78, 5) is 26.8. The van der Waals surface area contributed by atoms with Crippen molar-refractivity contribution in [2.75, 3.05) is 17.2 Å². The van der Waals surface area contributed by atoms with Gasteiger partial charge in [0.2, 0.25) is 5.82 Å². The van der Waals surface area contributed by atoms with Gasteiger partial charge in [0, 0.05) is 12.6 Å². The number of nitrogens with one attached hydrogen (secondary N) is 2. The largest absolute Gasteiger partial charge is 0.444 e. The van der Waals surface area contributed by atoms with Gasteiger partial charge in [0.1, 0.15) is 16.4 Å². The Bertz CT molecular complexity index is 797. The van der Waals surface area contributed by atoms with Gasteiger partial charge in [-0.25, -0.2) is 9.78 Å². The molecule has 0 spiro atoms. The Hall–Kier alpha value is -2.87. The highest BCUT2D eigenvalue weighted by Crippen LogP contribution is 2.34. The number of allylic oxidation sites excluding steroid dienone is 3. The fourth-order valence-electron chi connectivity index (χ4n) is 1.97. The van der Waals surface area contributed by atoms with E-state index in [-0.39, 0.29) is 23.2 Å². The van der Waals surface area contributed by atoms with Gasteiger partial charge in [-0.2, -0.15) is 0 Å². The second-order valence-electron chi connectivity index (χ2n) is 6.70. The van der Waals surface area contributed by atoms with E-state index in [1.165, 1.54) is 6.07 Å². The van der Waals surface area contributed by atoms with E-state index in [9.17, 15) is 14.9 Å². The topological polar surface area (TPSA) is 106 Å². The summed E-state index contributed by atoms with van der Waals surface area (Å²) < 4.78 is 5.13. The minimum Gasteiger partial charge on any atom is -0.444 e. The quantitative estimate of drug-likeness (QED) is 0.288. The molecule has 0 aliphatic rings. The Morgan fingerprint density at radius 1 is 1.48 bits per heavy atom. The Morgan fingerprint density at radius 2 is 2.11 bits per heavy atom. The number of aromatic nitrogens is 1. The Kier molecular flexibility index (Phi) is 7.54. The normalized spacial score (nSPS) is 11.5. The zero-order valence-corrected chi connectivity index (χ0v) is 16.5. The minimum atomic E-state index is -0.836. The fourth-order valence-corrected chi connectivity index (χ4v) is 2.17. The number of rotatable bonds is 7. The molecular weight excluding hydrogens is 372 g/mol. The first-order valence-electron chi connectivity index (χ1n) is 8.00. The van der Waals surface area contributed by atoms with Crippen molar-refractivity contribution in [3.05, 3.63) is 57.8 Å². The van der Waals surface area contributed by atoms with Crippen molar-refractivity contribution in [2.45, 2.75) is 33.3 Å². The number of amides is 1. The van der Waals surface area contributed by atoms with E-state index in [1.807, 2.05) is 6.92 Å². The maximum absolute atomic E-state index is 12.0. The van der Waals surface area contributed by atoms with Gasteiger partial charge in [-0.3, -0.25) is 15.4 Å². The standard InChI is InChI=1S/C18H23ClN4O4/c1-7-11(2)8-12(3)10-20-16-15(23(25)26)13(9-14(19)22-16)21-17(24)27-18(4,5)6/h7-9H,1-2,10H2,3-6H3,(H2,20,21,22,24)/b12-8+. The second-order valence-corrected chi connectivity index (χ2v) is 7.08. The maximum atomic E-state index is 12.0. The highest BCUT2D eigenvalue weighted by atomic mass is 35.5. The van der Waals surface area contributed by atoms with Crippen molar-refractivity contribution in [3.63, 3.8) is 0 Å². The zero-order chi connectivity index (χ0) is 20.8. The summed E-state index contributed by atoms with van der Waals surface area (Å²) in [7, 11) is 0. The number of hydrogen-bond donors (Lipinski definition) is 2. The summed E-state index contributed by atoms with van der Waals surface area (Å²) in [6.07, 6.45) is 2.53. The number of anilines is 2. The molecule has 1 aromatic rings. The van der Waals surface area contributed by atoms with Gasteiger partial charge in [0.05, 0.1) is 4.92 Å². The predicted molar refractivity (Wildman–Crippen MR) is 107 cm³/mol. The summed E-state index contributed by atoms with van der Waals surface area (Å²) in [6.45, 7) is 14.5. The lowest BCUT2D eigenvalue weighted by Crippen LogP contribution is -2.27. The van der Waals surface area contributed by atoms with Crippen LogP contribution in [0.25, 0.3) is 0 Å². The molecule has 0 bridgehead atoms. The molecule has 0 fully saturated rings. The van der Waals surface area contributed by atoms with Crippen molar-refractivity contribution < 1.29 is 14.5 Å². The molecule has 1 aromatic heterocycles. The van der Waals surface area contributed by atoms with Gasteiger partial charge in [-0.15, -0.1) is 0 Å². The molecule has 0 radical (unpaired) electrons. The number of halogens is 1. The van der Waals surface area contributed by atoms with Crippen molar-refractivity contribution >= 4 is 34.9 Å². The summed E-state index contributed by atoms with van der Waals surface area (Å²) in [5, 5.41) is 16.7. The molecule has 0 aliphatic carbocycles. The molecule has 146 valence electrons. The second kappa shape index (κ2) is 9.18. The highest BCUT2D eigenvalue weighted by Gasteiger charge is 2.26. The van der Waals surface area contributed by atoms with Crippen LogP contribution in [0.15, 0.2) is 42.5 Å². The molecule has 0 saturated heterocycles. The van der Waals surface area contributed by atoms with Crippen LogP contribution in [0.4, 0.5) is 22.0 Å². The van der Waals surface area contributed by atoms with Crippen LogP contribution >= 0.6 is 11.6 Å². The van der Waals surface area contributed by atoms with Crippen LogP contribution in [-0.2, 0) is 4.74 Å². The van der Waals surface area contributed by atoms with Crippen LogP contribution in [0.1, 0.15) is 27.7 Å². The molecule has 27 heavy (non-hydrogen) atoms. The van der Waals surface area contributed by atoms with Crippen LogP contribution in [-0.4, -0.2) is 28.1 Å². The van der Waals surface area contributed by atoms with E-state index < -0.39 is 22.3 Å². The molecule has 1 amide bonds. The van der Waals surface area contributed by atoms with Crippen LogP contribution in [0.5, 0.6) is 0 Å². The summed E-state index contributed by atoms with van der Waals surface area (Å²) in [6, 6.07) is 1.19. The van der Waals surface area contributed by atoms with E-state index in [0.29, 0.717) is 5.57 Å². The average molecular weight is 395 g/mol. The van der Waals surface area contributed by atoms with Gasteiger partial charge in [0.25, 0.3) is 0 Å². The molecule has 0 unspecified atom stereocenters. The van der Waals surface area contributed by atoms with Gasteiger partial charge >= 0.3 is 11.8 Å². The molecule has 0 aliphatic heterocycles. The lowest BCUT2D eigenvalue weighted by atomic mass is 10.2. The molecule has 9 heteroatoms. The van der Waals surface area contributed by atoms with Crippen LogP contribution in [0, 0.1) is 10.1 Å². The highest BCUT2D eigenvalue weighted by molar-refractivity contribution is 6.30. The van der Waals surface area contributed by atoms with Gasteiger partial charge in [-0.05, 0) is 33.3 Å². The Balaban J connectivity index is 3.15. The number of nitro groups is 1. The Labute approximate surface area is 163 Å². The third kappa shape index (κ3) is 7.49. The molecule has 1 heterocycles. The van der Waals surface area contributed by atoms with Crippen LogP contribution < -0.4 is 10.6 Å². The van der Waals surface area contributed by atoms with Gasteiger partial charge < -0.3 is 10.1 Å². The SMILES string of the molecule is C=CC(=C)/C=C(\C)CNc1nc(Cl)cc(NC(=O)OC(C)(C)C)c1[N+](=O)[O-]. The summed E-state index contributed by atoms with van der Waals surface area (Å²) in [5.74, 6) is -0.0736. The average Bonchev–Trinajstić information content (AvgIpc) is 2.49. The van der Waals surface area contributed by atoms with Crippen molar-refractivity contribution in [3.8, 4) is 0 Å². The van der Waals surface area contributed by atoms with E-state index in [2.05, 4.69) is 28.8 Å². The first kappa shape index (κ1) is 22.2. The number of ether oxygens (including phenoxy) is 1. The molecule has 0 atom stereocenters. The number of nitrogens with zero attached hydrogens (tertiary/aromatic N) is 2. The number of carbonyl (C=O) groups excluding carboxylic acids is 1. The van der Waals surface area contributed by atoms with Gasteiger partial charge in [-0.1, -0.05) is 42.5 Å². The molecule has 2 N–H and O–H groups in total. The minimum absolute atomic E-state index is 0.0220. The fraction of sp³-hybridized carbons (Fsp3) is 0.333. The van der Waals surface area contributed by atoms with Crippen LogP contribution in [0.3, 0.4) is 0 Å². The number of carbonyl (C=O) groups is 1. The summed E-state index contributed by atoms with van der Waals surface area (Å²) >= 11 is 5.96. The monoisotopic (exact) mass is 394 g/mol. The lowest BCUT2D eigenvalue weighted by Gasteiger charge is -2.20. The molecular formula is C18H23ClN4O4. The summed E-state index contributed by atoms with van der Waals surface area (Å²) in [5.41, 5.74) is 0.258. The van der Waals surface area contributed by atoms with Crippen LogP contribution in [0.2, 0.25) is 5.15 Å². The first-order chi connectivity index (χ1) is 12.4. The smallest absolute Gasteiger partial charge is 0.412 e. The first-order valence-corrected chi connectivity index (χ1v) is 8.38. The lowest BCUT2D eigenvalue weighted by molar-refractivity contribution is -0.383. The predicted octanol–water partition coefficient (Wildman–Crippen LogP) is 5.09. The van der Waals surface area contributed by atoms with Gasteiger partial charge in [0.15, 0.2) is 0 Å². The third-order valence-electron chi connectivity index (χ3n) is 3.01. The molecule has 0 aromatic carbocycles. The number of pyridine rings is 1. The Morgan fingerprint density at radius 3 is 2.63 bits per heavy atom. The molecule has 0 saturated carbocycles. The third-order valence-corrected chi connectivity index (χ3v) is 3.20. The zero-order valence-electron chi connectivity index (χ0n) is 15.8. The molecule has 8 nitrogen and oxygen atoms in total.